The van der Waals surface area contributed by atoms with Gasteiger partial charge >= 0.3 is 5.97 Å². The number of hydrogen-bond acceptors (Lipinski definition) is 2. The molecular formula is C13H25BrO2. The lowest BCUT2D eigenvalue weighted by Gasteiger charge is -2.22. The zero-order valence-electron chi connectivity index (χ0n) is 11.0. The molecule has 16 heavy (non-hydrogen) atoms. The average Bonchev–Trinajstić information content (AvgIpc) is 2.14. The molecule has 2 nitrogen and oxygen atoms in total. The van der Waals surface area contributed by atoms with Crippen molar-refractivity contribution in [2.24, 2.45) is 5.92 Å². The lowest BCUT2D eigenvalue weighted by Crippen LogP contribution is -2.27. The number of unbranched alkanes of at least 4 members (excludes halogenated alkanes) is 3. The topological polar surface area (TPSA) is 26.3 Å². The molecule has 0 heterocycles. The van der Waals surface area contributed by atoms with E-state index in [4.69, 9.17) is 4.74 Å². The van der Waals surface area contributed by atoms with Gasteiger partial charge in [0.15, 0.2) is 0 Å². The standard InChI is InChI=1S/C13H25BrO2/c1-11(9-7-5-6-8-10-14)12(15)16-13(2,3)4/h11H,5-10H2,1-4H3/t11-/m0/s1. The molecular weight excluding hydrogens is 268 g/mol. The molecule has 0 amide bonds. The second-order valence-electron chi connectivity index (χ2n) is 5.33. The van der Waals surface area contributed by atoms with Gasteiger partial charge in [-0.05, 0) is 33.6 Å². The van der Waals surface area contributed by atoms with Crippen LogP contribution in [0, 0.1) is 5.92 Å². The molecule has 0 aromatic rings. The van der Waals surface area contributed by atoms with Gasteiger partial charge in [-0.25, -0.2) is 0 Å². The van der Waals surface area contributed by atoms with Gasteiger partial charge in [-0.1, -0.05) is 42.1 Å². The molecule has 0 rings (SSSR count). The normalized spacial score (nSPS) is 13.6. The Morgan fingerprint density at radius 1 is 1.19 bits per heavy atom. The molecule has 0 unspecified atom stereocenters. The Balaban J connectivity index is 3.64. The minimum absolute atomic E-state index is 0.0307. The number of carbonyl (C=O) groups is 1. The summed E-state index contributed by atoms with van der Waals surface area (Å²) in [5.41, 5.74) is -0.360. The molecule has 0 N–H and O–H groups in total. The number of ether oxygens (including phenoxy) is 1. The van der Waals surface area contributed by atoms with Crippen LogP contribution in [0.2, 0.25) is 0 Å². The van der Waals surface area contributed by atoms with Gasteiger partial charge in [-0.2, -0.15) is 0 Å². The summed E-state index contributed by atoms with van der Waals surface area (Å²) >= 11 is 3.41. The molecule has 3 heteroatoms. The quantitative estimate of drug-likeness (QED) is 0.397. The summed E-state index contributed by atoms with van der Waals surface area (Å²) in [5, 5.41) is 1.08. The first kappa shape index (κ1) is 16.0. The van der Waals surface area contributed by atoms with Crippen LogP contribution in [-0.2, 0) is 9.53 Å². The van der Waals surface area contributed by atoms with E-state index in [1.165, 1.54) is 19.3 Å². The summed E-state index contributed by atoms with van der Waals surface area (Å²) in [6.45, 7) is 7.69. The van der Waals surface area contributed by atoms with E-state index in [2.05, 4.69) is 15.9 Å². The van der Waals surface area contributed by atoms with Gasteiger partial charge in [-0.15, -0.1) is 0 Å². The zero-order chi connectivity index (χ0) is 12.6. The molecule has 0 radical (unpaired) electrons. The summed E-state index contributed by atoms with van der Waals surface area (Å²) in [6, 6.07) is 0. The number of hydrogen-bond donors (Lipinski definition) is 0. The van der Waals surface area contributed by atoms with E-state index in [1.54, 1.807) is 0 Å². The van der Waals surface area contributed by atoms with Crippen molar-refractivity contribution in [1.82, 2.24) is 0 Å². The highest BCUT2D eigenvalue weighted by Crippen LogP contribution is 2.16. The molecule has 96 valence electrons. The molecule has 0 bridgehead atoms. The molecule has 0 fully saturated rings. The minimum atomic E-state index is -0.360. The molecule has 0 aromatic heterocycles. The number of alkyl halides is 1. The molecule has 0 aliphatic carbocycles. The Hall–Kier alpha value is -0.0500. The summed E-state index contributed by atoms with van der Waals surface area (Å²) in [5.74, 6) is -0.0313. The summed E-state index contributed by atoms with van der Waals surface area (Å²) < 4.78 is 5.33. The predicted molar refractivity (Wildman–Crippen MR) is 71.9 cm³/mol. The molecule has 1 atom stereocenters. The second-order valence-corrected chi connectivity index (χ2v) is 6.12. The number of rotatable bonds is 7. The van der Waals surface area contributed by atoms with Crippen LogP contribution >= 0.6 is 15.9 Å². The van der Waals surface area contributed by atoms with Crippen LogP contribution in [0.4, 0.5) is 0 Å². The van der Waals surface area contributed by atoms with Crippen LogP contribution < -0.4 is 0 Å². The van der Waals surface area contributed by atoms with Gasteiger partial charge in [0.1, 0.15) is 5.60 Å². The Labute approximate surface area is 108 Å². The van der Waals surface area contributed by atoms with Crippen molar-refractivity contribution >= 4 is 21.9 Å². The van der Waals surface area contributed by atoms with Crippen LogP contribution in [0.3, 0.4) is 0 Å². The largest absolute Gasteiger partial charge is 0.460 e. The van der Waals surface area contributed by atoms with Crippen LogP contribution in [0.15, 0.2) is 0 Å². The van der Waals surface area contributed by atoms with E-state index >= 15 is 0 Å². The van der Waals surface area contributed by atoms with E-state index in [9.17, 15) is 4.79 Å². The highest BCUT2D eigenvalue weighted by atomic mass is 79.9. The van der Waals surface area contributed by atoms with Crippen LogP contribution in [-0.4, -0.2) is 16.9 Å². The maximum atomic E-state index is 11.6. The molecule has 0 saturated carbocycles. The third kappa shape index (κ3) is 9.20. The van der Waals surface area contributed by atoms with Gasteiger partial charge < -0.3 is 4.74 Å². The lowest BCUT2D eigenvalue weighted by atomic mass is 10.0. The van der Waals surface area contributed by atoms with Gasteiger partial charge in [-0.3, -0.25) is 4.79 Å². The van der Waals surface area contributed by atoms with E-state index < -0.39 is 0 Å². The van der Waals surface area contributed by atoms with Crippen molar-refractivity contribution < 1.29 is 9.53 Å². The van der Waals surface area contributed by atoms with Crippen molar-refractivity contribution in [3.05, 3.63) is 0 Å². The summed E-state index contributed by atoms with van der Waals surface area (Å²) in [6.07, 6.45) is 5.73. The third-order valence-corrected chi connectivity index (χ3v) is 2.89. The van der Waals surface area contributed by atoms with Gasteiger partial charge in [0.25, 0.3) is 0 Å². The Morgan fingerprint density at radius 3 is 2.25 bits per heavy atom. The first-order chi connectivity index (χ1) is 7.37. The minimum Gasteiger partial charge on any atom is -0.460 e. The Kier molecular flexibility index (Phi) is 8.08. The second kappa shape index (κ2) is 8.10. The zero-order valence-corrected chi connectivity index (χ0v) is 12.6. The monoisotopic (exact) mass is 292 g/mol. The SMILES string of the molecule is C[C@@H](CCCCCCBr)C(=O)OC(C)(C)C. The fourth-order valence-corrected chi connectivity index (χ4v) is 1.82. The highest BCUT2D eigenvalue weighted by Gasteiger charge is 2.20. The van der Waals surface area contributed by atoms with Crippen molar-refractivity contribution in [2.75, 3.05) is 5.33 Å². The van der Waals surface area contributed by atoms with E-state index in [0.717, 1.165) is 18.2 Å². The maximum absolute atomic E-state index is 11.6. The highest BCUT2D eigenvalue weighted by molar-refractivity contribution is 9.09. The van der Waals surface area contributed by atoms with Crippen molar-refractivity contribution in [1.29, 1.82) is 0 Å². The first-order valence-corrected chi connectivity index (χ1v) is 7.28. The first-order valence-electron chi connectivity index (χ1n) is 6.15. The maximum Gasteiger partial charge on any atom is 0.309 e. The molecule has 0 aliphatic heterocycles. The third-order valence-electron chi connectivity index (χ3n) is 2.33. The van der Waals surface area contributed by atoms with Crippen LogP contribution in [0.1, 0.15) is 59.8 Å². The fourth-order valence-electron chi connectivity index (χ4n) is 1.42. The smallest absolute Gasteiger partial charge is 0.309 e. The Morgan fingerprint density at radius 2 is 1.75 bits per heavy atom. The number of halogens is 1. The molecule has 0 spiro atoms. The number of esters is 1. The molecule has 0 aromatic carbocycles. The predicted octanol–water partition coefficient (Wildman–Crippen LogP) is 4.31. The fraction of sp³-hybridized carbons (Fsp3) is 0.923. The van der Waals surface area contributed by atoms with Gasteiger partial charge in [0.05, 0.1) is 5.92 Å². The van der Waals surface area contributed by atoms with E-state index in [0.29, 0.717) is 0 Å². The average molecular weight is 293 g/mol. The van der Waals surface area contributed by atoms with Gasteiger partial charge in [0.2, 0.25) is 0 Å². The van der Waals surface area contributed by atoms with E-state index in [1.807, 2.05) is 27.7 Å². The van der Waals surface area contributed by atoms with Crippen LogP contribution in [0.5, 0.6) is 0 Å². The lowest BCUT2D eigenvalue weighted by molar-refractivity contribution is -0.159. The van der Waals surface area contributed by atoms with Crippen LogP contribution in [0.25, 0.3) is 0 Å². The Bertz CT molecular complexity index is 197. The number of carbonyl (C=O) groups excluding carboxylic acids is 1. The summed E-state index contributed by atoms with van der Waals surface area (Å²) in [4.78, 5) is 11.6. The molecule has 0 saturated heterocycles. The van der Waals surface area contributed by atoms with Crippen molar-refractivity contribution in [2.45, 2.75) is 65.4 Å². The van der Waals surface area contributed by atoms with Crippen molar-refractivity contribution in [3.8, 4) is 0 Å². The summed E-state index contributed by atoms with van der Waals surface area (Å²) in [7, 11) is 0. The van der Waals surface area contributed by atoms with Gasteiger partial charge in [0, 0.05) is 5.33 Å². The van der Waals surface area contributed by atoms with Crippen molar-refractivity contribution in [3.63, 3.8) is 0 Å². The van der Waals surface area contributed by atoms with E-state index in [-0.39, 0.29) is 17.5 Å². The molecule has 0 aliphatic rings.